The van der Waals surface area contributed by atoms with Crippen molar-refractivity contribution in [3.8, 4) is 0 Å². The van der Waals surface area contributed by atoms with Gasteiger partial charge in [-0.3, -0.25) is 0 Å². The SMILES string of the molecule is CC=Cc1cc(C)ccc1N. The van der Waals surface area contributed by atoms with E-state index in [-0.39, 0.29) is 0 Å². The Morgan fingerprint density at radius 1 is 1.36 bits per heavy atom. The Bertz CT molecular complexity index is 274. The summed E-state index contributed by atoms with van der Waals surface area (Å²) in [7, 11) is 0. The lowest BCUT2D eigenvalue weighted by Crippen LogP contribution is -1.88. The quantitative estimate of drug-likeness (QED) is 0.607. The summed E-state index contributed by atoms with van der Waals surface area (Å²) < 4.78 is 0. The van der Waals surface area contributed by atoms with Gasteiger partial charge in [0.05, 0.1) is 0 Å². The molecule has 0 aromatic heterocycles. The third-order valence-corrected chi connectivity index (χ3v) is 1.59. The van der Waals surface area contributed by atoms with E-state index in [1.54, 1.807) is 0 Å². The van der Waals surface area contributed by atoms with Crippen molar-refractivity contribution < 1.29 is 0 Å². The van der Waals surface area contributed by atoms with Gasteiger partial charge >= 0.3 is 0 Å². The first-order valence-electron chi connectivity index (χ1n) is 3.73. The third-order valence-electron chi connectivity index (χ3n) is 1.59. The maximum Gasteiger partial charge on any atom is 0.0387 e. The van der Waals surface area contributed by atoms with Crippen LogP contribution >= 0.6 is 0 Å². The van der Waals surface area contributed by atoms with Crippen LogP contribution in [0.5, 0.6) is 0 Å². The van der Waals surface area contributed by atoms with Gasteiger partial charge in [0.2, 0.25) is 0 Å². The fraction of sp³-hybridized carbons (Fsp3) is 0.200. The molecule has 0 saturated carbocycles. The number of allylic oxidation sites excluding steroid dienone is 1. The number of hydrogen-bond donors (Lipinski definition) is 1. The first-order chi connectivity index (χ1) is 5.24. The lowest BCUT2D eigenvalue weighted by molar-refractivity contribution is 1.46. The van der Waals surface area contributed by atoms with Crippen molar-refractivity contribution >= 4 is 11.8 Å². The van der Waals surface area contributed by atoms with E-state index < -0.39 is 0 Å². The predicted molar refractivity (Wildman–Crippen MR) is 50.3 cm³/mol. The average Bonchev–Trinajstić information content (AvgIpc) is 1.98. The van der Waals surface area contributed by atoms with Gasteiger partial charge in [-0.25, -0.2) is 0 Å². The Labute approximate surface area is 67.5 Å². The molecule has 0 spiro atoms. The maximum atomic E-state index is 5.72. The highest BCUT2D eigenvalue weighted by molar-refractivity contribution is 5.64. The van der Waals surface area contributed by atoms with Crippen LogP contribution in [0.4, 0.5) is 5.69 Å². The summed E-state index contributed by atoms with van der Waals surface area (Å²) in [6.45, 7) is 4.05. The Balaban J connectivity index is 3.12. The van der Waals surface area contributed by atoms with Crippen molar-refractivity contribution in [3.05, 3.63) is 35.4 Å². The monoisotopic (exact) mass is 147 g/mol. The van der Waals surface area contributed by atoms with Gasteiger partial charge in [0.15, 0.2) is 0 Å². The van der Waals surface area contributed by atoms with E-state index in [2.05, 4.69) is 13.0 Å². The third kappa shape index (κ3) is 1.84. The second kappa shape index (κ2) is 3.24. The highest BCUT2D eigenvalue weighted by Gasteiger charge is 1.92. The molecule has 0 amide bonds. The summed E-state index contributed by atoms with van der Waals surface area (Å²) in [6, 6.07) is 6.03. The molecule has 0 heterocycles. The molecule has 1 nitrogen and oxygen atoms in total. The molecule has 0 unspecified atom stereocenters. The van der Waals surface area contributed by atoms with Crippen LogP contribution in [0.25, 0.3) is 6.08 Å². The average molecular weight is 147 g/mol. The Morgan fingerprint density at radius 2 is 2.09 bits per heavy atom. The molecule has 1 rings (SSSR count). The molecule has 0 saturated heterocycles. The summed E-state index contributed by atoms with van der Waals surface area (Å²) in [5.41, 5.74) is 8.91. The molecule has 0 aliphatic heterocycles. The first kappa shape index (κ1) is 7.86. The van der Waals surface area contributed by atoms with Gasteiger partial charge in [-0.2, -0.15) is 0 Å². The van der Waals surface area contributed by atoms with Gasteiger partial charge in [-0.1, -0.05) is 23.8 Å². The molecule has 1 aromatic carbocycles. The number of rotatable bonds is 1. The molecular weight excluding hydrogens is 134 g/mol. The molecule has 11 heavy (non-hydrogen) atoms. The van der Waals surface area contributed by atoms with Crippen molar-refractivity contribution in [3.63, 3.8) is 0 Å². The molecule has 0 aliphatic rings. The number of hydrogen-bond acceptors (Lipinski definition) is 1. The molecule has 58 valence electrons. The summed E-state index contributed by atoms with van der Waals surface area (Å²) in [4.78, 5) is 0. The van der Waals surface area contributed by atoms with Crippen molar-refractivity contribution in [1.82, 2.24) is 0 Å². The Kier molecular flexibility index (Phi) is 2.32. The van der Waals surface area contributed by atoms with Crippen LogP contribution < -0.4 is 5.73 Å². The second-order valence-electron chi connectivity index (χ2n) is 2.63. The lowest BCUT2D eigenvalue weighted by Gasteiger charge is -2.00. The van der Waals surface area contributed by atoms with Crippen LogP contribution in [0.2, 0.25) is 0 Å². The minimum atomic E-state index is 0.841. The smallest absolute Gasteiger partial charge is 0.0387 e. The van der Waals surface area contributed by atoms with Crippen LogP contribution in [-0.4, -0.2) is 0 Å². The summed E-state index contributed by atoms with van der Waals surface area (Å²) in [6.07, 6.45) is 4.01. The molecule has 0 fully saturated rings. The topological polar surface area (TPSA) is 26.0 Å². The van der Waals surface area contributed by atoms with E-state index in [0.29, 0.717) is 0 Å². The summed E-state index contributed by atoms with van der Waals surface area (Å²) >= 11 is 0. The van der Waals surface area contributed by atoms with Crippen LogP contribution in [-0.2, 0) is 0 Å². The minimum Gasteiger partial charge on any atom is -0.398 e. The van der Waals surface area contributed by atoms with E-state index in [1.807, 2.05) is 31.2 Å². The molecule has 0 bridgehead atoms. The molecule has 1 heteroatoms. The van der Waals surface area contributed by atoms with E-state index in [1.165, 1.54) is 5.56 Å². The zero-order chi connectivity index (χ0) is 8.27. The van der Waals surface area contributed by atoms with Gasteiger partial charge in [0, 0.05) is 5.69 Å². The number of nitrogens with two attached hydrogens (primary N) is 1. The predicted octanol–water partition coefficient (Wildman–Crippen LogP) is 2.61. The molecule has 0 radical (unpaired) electrons. The molecule has 0 aliphatic carbocycles. The molecule has 1 aromatic rings. The number of anilines is 1. The van der Waals surface area contributed by atoms with Gasteiger partial charge < -0.3 is 5.73 Å². The van der Waals surface area contributed by atoms with Crippen LogP contribution in [0, 0.1) is 6.92 Å². The maximum absolute atomic E-state index is 5.72. The first-order valence-corrected chi connectivity index (χ1v) is 3.73. The Hall–Kier alpha value is -1.24. The molecule has 0 atom stereocenters. The summed E-state index contributed by atoms with van der Waals surface area (Å²) in [5, 5.41) is 0. The zero-order valence-electron chi connectivity index (χ0n) is 6.96. The second-order valence-corrected chi connectivity index (χ2v) is 2.63. The highest BCUT2D eigenvalue weighted by atomic mass is 14.5. The van der Waals surface area contributed by atoms with Crippen molar-refractivity contribution in [2.24, 2.45) is 0 Å². The highest BCUT2D eigenvalue weighted by Crippen LogP contribution is 2.14. The zero-order valence-corrected chi connectivity index (χ0v) is 6.96. The van der Waals surface area contributed by atoms with E-state index in [0.717, 1.165) is 11.3 Å². The fourth-order valence-electron chi connectivity index (χ4n) is 1.02. The fourth-order valence-corrected chi connectivity index (χ4v) is 1.02. The van der Waals surface area contributed by atoms with Crippen molar-refractivity contribution in [2.45, 2.75) is 13.8 Å². The van der Waals surface area contributed by atoms with E-state index in [9.17, 15) is 0 Å². The largest absolute Gasteiger partial charge is 0.398 e. The van der Waals surface area contributed by atoms with Gasteiger partial charge in [-0.05, 0) is 31.5 Å². The Morgan fingerprint density at radius 3 is 2.73 bits per heavy atom. The summed E-state index contributed by atoms with van der Waals surface area (Å²) in [5.74, 6) is 0. The van der Waals surface area contributed by atoms with Crippen LogP contribution in [0.3, 0.4) is 0 Å². The normalized spacial score (nSPS) is 10.7. The standard InChI is InChI=1S/C10H13N/c1-3-4-9-7-8(2)5-6-10(9)11/h3-7H,11H2,1-2H3. The van der Waals surface area contributed by atoms with Crippen LogP contribution in [0.15, 0.2) is 24.3 Å². The number of nitrogen functional groups attached to an aromatic ring is 1. The number of aryl methyl sites for hydroxylation is 1. The van der Waals surface area contributed by atoms with Gasteiger partial charge in [0.25, 0.3) is 0 Å². The molecular formula is C10H13N. The van der Waals surface area contributed by atoms with E-state index >= 15 is 0 Å². The number of benzene rings is 1. The van der Waals surface area contributed by atoms with E-state index in [4.69, 9.17) is 5.73 Å². The molecule has 2 N–H and O–H groups in total. The lowest BCUT2D eigenvalue weighted by atomic mass is 10.1. The van der Waals surface area contributed by atoms with Crippen molar-refractivity contribution in [2.75, 3.05) is 5.73 Å². The van der Waals surface area contributed by atoms with Crippen LogP contribution in [0.1, 0.15) is 18.1 Å². The van der Waals surface area contributed by atoms with Gasteiger partial charge in [0.1, 0.15) is 0 Å². The minimum absolute atomic E-state index is 0.841. The van der Waals surface area contributed by atoms with Crippen molar-refractivity contribution in [1.29, 1.82) is 0 Å². The van der Waals surface area contributed by atoms with Gasteiger partial charge in [-0.15, -0.1) is 0 Å².